The molecule has 0 spiro atoms. The lowest BCUT2D eigenvalue weighted by molar-refractivity contribution is -0.116. The fraction of sp³-hybridized carbons (Fsp3) is 0.235. The van der Waals surface area contributed by atoms with Gasteiger partial charge < -0.3 is 4.90 Å². The van der Waals surface area contributed by atoms with Crippen LogP contribution in [0.1, 0.15) is 23.6 Å². The van der Waals surface area contributed by atoms with Crippen LogP contribution in [0.3, 0.4) is 0 Å². The smallest absolute Gasteiger partial charge is 0.224 e. The van der Waals surface area contributed by atoms with E-state index in [0.717, 1.165) is 28.6 Å². The van der Waals surface area contributed by atoms with Crippen molar-refractivity contribution in [1.29, 1.82) is 0 Å². The van der Waals surface area contributed by atoms with Crippen molar-refractivity contribution in [2.75, 3.05) is 4.90 Å². The first kappa shape index (κ1) is 14.6. The molecular formula is C17H15BrClNO. The van der Waals surface area contributed by atoms with Crippen molar-refractivity contribution in [2.45, 2.75) is 26.3 Å². The number of carbonyl (C=O) groups excluding carboxylic acids is 1. The van der Waals surface area contributed by atoms with E-state index < -0.39 is 0 Å². The second-order valence-electron chi connectivity index (χ2n) is 5.29. The van der Waals surface area contributed by atoms with Crippen molar-refractivity contribution in [1.82, 2.24) is 0 Å². The van der Waals surface area contributed by atoms with Crippen LogP contribution in [0.4, 0.5) is 5.69 Å². The van der Waals surface area contributed by atoms with Gasteiger partial charge in [0, 0.05) is 22.1 Å². The van der Waals surface area contributed by atoms with Gasteiger partial charge in [0.2, 0.25) is 5.91 Å². The minimum Gasteiger partial charge on any atom is -0.308 e. The number of hydrogen-bond acceptors (Lipinski definition) is 1. The molecule has 0 atom stereocenters. The third-order valence-corrected chi connectivity index (χ3v) is 4.60. The Kier molecular flexibility index (Phi) is 4.05. The van der Waals surface area contributed by atoms with Crippen LogP contribution in [0.5, 0.6) is 0 Å². The Bertz CT molecular complexity index is 714. The number of benzene rings is 2. The van der Waals surface area contributed by atoms with Crippen LogP contribution in [-0.2, 0) is 24.2 Å². The largest absolute Gasteiger partial charge is 0.308 e. The van der Waals surface area contributed by atoms with E-state index in [-0.39, 0.29) is 5.91 Å². The van der Waals surface area contributed by atoms with Crippen LogP contribution in [0.15, 0.2) is 40.9 Å². The molecule has 21 heavy (non-hydrogen) atoms. The summed E-state index contributed by atoms with van der Waals surface area (Å²) in [4.78, 5) is 13.9. The molecule has 4 heteroatoms. The summed E-state index contributed by atoms with van der Waals surface area (Å²) in [5.41, 5.74) is 4.58. The maximum Gasteiger partial charge on any atom is 0.224 e. The van der Waals surface area contributed by atoms with Crippen molar-refractivity contribution in [3.8, 4) is 0 Å². The SMILES string of the molecule is CC(=O)N1Cc2ccc(Br)cc2CCc2cc(Cl)ccc21. The molecule has 0 N–H and O–H groups in total. The number of anilines is 1. The second kappa shape index (κ2) is 5.82. The lowest BCUT2D eigenvalue weighted by Crippen LogP contribution is -2.30. The summed E-state index contributed by atoms with van der Waals surface area (Å²) < 4.78 is 1.07. The molecule has 0 bridgehead atoms. The second-order valence-corrected chi connectivity index (χ2v) is 6.64. The Morgan fingerprint density at radius 2 is 1.86 bits per heavy atom. The van der Waals surface area contributed by atoms with Gasteiger partial charge in [0.25, 0.3) is 0 Å². The first-order chi connectivity index (χ1) is 10.0. The van der Waals surface area contributed by atoms with Crippen molar-refractivity contribution in [3.63, 3.8) is 0 Å². The summed E-state index contributed by atoms with van der Waals surface area (Å²) in [6.45, 7) is 2.21. The summed E-state index contributed by atoms with van der Waals surface area (Å²) >= 11 is 9.63. The molecule has 2 aromatic carbocycles. The van der Waals surface area contributed by atoms with E-state index in [1.807, 2.05) is 29.2 Å². The lowest BCUT2D eigenvalue weighted by Gasteiger charge is -2.28. The van der Waals surface area contributed by atoms with Gasteiger partial charge in [0.15, 0.2) is 0 Å². The van der Waals surface area contributed by atoms with Crippen LogP contribution < -0.4 is 4.90 Å². The Morgan fingerprint density at radius 1 is 1.10 bits per heavy atom. The molecule has 2 nitrogen and oxygen atoms in total. The number of carbonyl (C=O) groups is 1. The van der Waals surface area contributed by atoms with Gasteiger partial charge in [-0.25, -0.2) is 0 Å². The average molecular weight is 365 g/mol. The van der Waals surface area contributed by atoms with Crippen molar-refractivity contribution in [2.24, 2.45) is 0 Å². The highest BCUT2D eigenvalue weighted by Gasteiger charge is 2.20. The maximum atomic E-state index is 12.1. The van der Waals surface area contributed by atoms with Gasteiger partial charge in [-0.1, -0.05) is 33.6 Å². The summed E-state index contributed by atoms with van der Waals surface area (Å²) in [5, 5.41) is 0.715. The molecule has 0 radical (unpaired) electrons. The average Bonchev–Trinajstić information content (AvgIpc) is 2.42. The predicted octanol–water partition coefficient (Wildman–Crippen LogP) is 4.75. The van der Waals surface area contributed by atoms with Crippen LogP contribution >= 0.6 is 27.5 Å². The van der Waals surface area contributed by atoms with Gasteiger partial charge in [0.05, 0.1) is 6.54 Å². The fourth-order valence-corrected chi connectivity index (χ4v) is 3.41. The number of aryl methyl sites for hydroxylation is 2. The first-order valence-electron chi connectivity index (χ1n) is 6.88. The van der Waals surface area contributed by atoms with E-state index in [9.17, 15) is 4.79 Å². The summed E-state index contributed by atoms with van der Waals surface area (Å²) in [5.74, 6) is 0.0503. The molecule has 0 unspecified atom stereocenters. The zero-order valence-corrected chi connectivity index (χ0v) is 14.0. The number of rotatable bonds is 0. The van der Waals surface area contributed by atoms with E-state index in [2.05, 4.69) is 28.1 Å². The maximum absolute atomic E-state index is 12.1. The molecule has 0 aliphatic carbocycles. The Balaban J connectivity index is 2.10. The topological polar surface area (TPSA) is 20.3 Å². The molecule has 1 aliphatic heterocycles. The minimum absolute atomic E-state index is 0.0503. The van der Waals surface area contributed by atoms with Crippen molar-refractivity contribution in [3.05, 3.63) is 62.6 Å². The molecule has 3 rings (SSSR count). The number of hydrogen-bond donors (Lipinski definition) is 0. The number of fused-ring (bicyclic) bond motifs is 2. The molecule has 0 aromatic heterocycles. The van der Waals surface area contributed by atoms with Crippen LogP contribution in [0.25, 0.3) is 0 Å². The molecule has 2 aromatic rings. The lowest BCUT2D eigenvalue weighted by atomic mass is 9.95. The monoisotopic (exact) mass is 363 g/mol. The van der Waals surface area contributed by atoms with Gasteiger partial charge in [-0.05, 0) is 59.9 Å². The normalized spacial score (nSPS) is 14.0. The quantitative estimate of drug-likeness (QED) is 0.660. The third-order valence-electron chi connectivity index (χ3n) is 3.87. The summed E-state index contributed by atoms with van der Waals surface area (Å²) in [6.07, 6.45) is 1.83. The Hall–Kier alpha value is -1.32. The first-order valence-corrected chi connectivity index (χ1v) is 8.05. The van der Waals surface area contributed by atoms with E-state index in [4.69, 9.17) is 11.6 Å². The van der Waals surface area contributed by atoms with Gasteiger partial charge in [0.1, 0.15) is 0 Å². The molecule has 0 saturated carbocycles. The summed E-state index contributed by atoms with van der Waals surface area (Å²) in [6, 6.07) is 12.0. The highest BCUT2D eigenvalue weighted by atomic mass is 79.9. The Morgan fingerprint density at radius 3 is 2.62 bits per heavy atom. The van der Waals surface area contributed by atoms with Crippen molar-refractivity contribution < 1.29 is 4.79 Å². The molecule has 1 heterocycles. The molecule has 108 valence electrons. The molecule has 0 fully saturated rings. The third kappa shape index (κ3) is 2.99. The van der Waals surface area contributed by atoms with Crippen LogP contribution in [-0.4, -0.2) is 5.91 Å². The molecular weight excluding hydrogens is 350 g/mol. The number of nitrogens with zero attached hydrogens (tertiary/aromatic N) is 1. The van der Waals surface area contributed by atoms with E-state index in [1.54, 1.807) is 6.92 Å². The highest BCUT2D eigenvalue weighted by Crippen LogP contribution is 2.31. The van der Waals surface area contributed by atoms with Gasteiger partial charge in [-0.3, -0.25) is 4.79 Å². The van der Waals surface area contributed by atoms with Gasteiger partial charge >= 0.3 is 0 Å². The highest BCUT2D eigenvalue weighted by molar-refractivity contribution is 9.10. The number of halogens is 2. The summed E-state index contributed by atoms with van der Waals surface area (Å²) in [7, 11) is 0. The standard InChI is InChI=1S/C17H15BrClNO/c1-11(21)20-10-14-4-5-15(18)8-12(14)2-3-13-9-16(19)6-7-17(13)20/h4-9H,2-3,10H2,1H3. The number of amides is 1. The molecule has 0 saturated heterocycles. The van der Waals surface area contributed by atoms with Crippen LogP contribution in [0.2, 0.25) is 5.02 Å². The van der Waals surface area contributed by atoms with E-state index in [0.29, 0.717) is 11.6 Å². The molecule has 1 amide bonds. The molecule has 1 aliphatic rings. The van der Waals surface area contributed by atoms with Crippen molar-refractivity contribution >= 4 is 39.1 Å². The van der Waals surface area contributed by atoms with E-state index >= 15 is 0 Å². The van der Waals surface area contributed by atoms with E-state index in [1.165, 1.54) is 11.1 Å². The Labute approximate surface area is 137 Å². The minimum atomic E-state index is 0.0503. The van der Waals surface area contributed by atoms with Crippen LogP contribution in [0, 0.1) is 0 Å². The zero-order chi connectivity index (χ0) is 15.0. The van der Waals surface area contributed by atoms with Gasteiger partial charge in [-0.2, -0.15) is 0 Å². The van der Waals surface area contributed by atoms with Gasteiger partial charge in [-0.15, -0.1) is 0 Å². The zero-order valence-electron chi connectivity index (χ0n) is 11.7. The predicted molar refractivity (Wildman–Crippen MR) is 89.9 cm³/mol. The fourth-order valence-electron chi connectivity index (χ4n) is 2.80.